The molecule has 0 unspecified atom stereocenters. The zero-order valence-electron chi connectivity index (χ0n) is 24.4. The Hall–Kier alpha value is -3.53. The first-order valence-corrected chi connectivity index (χ1v) is 14.9. The first kappa shape index (κ1) is 32.4. The molecule has 4 rings (SSSR count). The van der Waals surface area contributed by atoms with Crippen molar-refractivity contribution in [2.45, 2.75) is 38.4 Å². The smallest absolute Gasteiger partial charge is 0.393 e. The van der Waals surface area contributed by atoms with Crippen molar-refractivity contribution in [3.63, 3.8) is 0 Å². The third-order valence-corrected chi connectivity index (χ3v) is 8.44. The van der Waals surface area contributed by atoms with Crippen LogP contribution in [0, 0.1) is 17.7 Å². The Labute approximate surface area is 252 Å². The predicted molar refractivity (Wildman–Crippen MR) is 163 cm³/mol. The van der Waals surface area contributed by atoms with E-state index < -0.39 is 24.3 Å². The van der Waals surface area contributed by atoms with E-state index in [-0.39, 0.29) is 48.4 Å². The molecule has 1 amide bonds. The highest BCUT2D eigenvalue weighted by molar-refractivity contribution is 7.20. The molecule has 0 radical (unpaired) electrons. The lowest BCUT2D eigenvalue weighted by Gasteiger charge is -2.32. The molecule has 1 fully saturated rings. The minimum atomic E-state index is -4.41. The zero-order valence-corrected chi connectivity index (χ0v) is 25.2. The van der Waals surface area contributed by atoms with Gasteiger partial charge in [-0.15, -0.1) is 11.3 Å². The SMILES string of the molecule is CCN1CCC(Nc2cccc3c(CC(F)(F)F)c(C#CCNc4cc(F)c(C(=O)NC)cc4OCCOC)sc23)CC1. The third-order valence-electron chi connectivity index (χ3n) is 7.25. The summed E-state index contributed by atoms with van der Waals surface area (Å²) in [6.45, 7) is 5.53. The molecule has 43 heavy (non-hydrogen) atoms. The van der Waals surface area contributed by atoms with Gasteiger partial charge in [0.1, 0.15) is 18.2 Å². The summed E-state index contributed by atoms with van der Waals surface area (Å²) in [5.74, 6) is 4.66. The van der Waals surface area contributed by atoms with E-state index in [2.05, 4.69) is 39.6 Å². The standard InChI is InChI=1S/C31H36F4N4O3S/c1-4-39-13-10-20(11-14-39)38-25-8-5-7-21-23(19-31(33,34)35)28(43-29(21)25)9-6-12-37-26-18-24(32)22(30(40)36-2)17-27(26)42-16-15-41-3/h5,7-8,17-18,20,37-38H,4,10-16,19H2,1-3H3,(H,36,40). The minimum Gasteiger partial charge on any atom is -0.489 e. The molecule has 0 spiro atoms. The van der Waals surface area contributed by atoms with Crippen LogP contribution in [-0.2, 0) is 11.2 Å². The number of alkyl halides is 3. The number of nitrogens with one attached hydrogen (secondary N) is 3. The number of thiophene rings is 1. The van der Waals surface area contributed by atoms with Gasteiger partial charge in [-0.3, -0.25) is 4.79 Å². The van der Waals surface area contributed by atoms with E-state index in [0.29, 0.717) is 10.3 Å². The highest BCUT2D eigenvalue weighted by atomic mass is 32.1. The average Bonchev–Trinajstić information content (AvgIpc) is 3.32. The Morgan fingerprint density at radius 1 is 1.16 bits per heavy atom. The second kappa shape index (κ2) is 14.8. The topological polar surface area (TPSA) is 74.9 Å². The number of carbonyl (C=O) groups is 1. The van der Waals surface area contributed by atoms with Crippen molar-refractivity contribution in [2.24, 2.45) is 0 Å². The molecule has 3 aromatic rings. The number of carbonyl (C=O) groups excluding carboxylic acids is 1. The number of fused-ring (bicyclic) bond motifs is 1. The number of rotatable bonds is 11. The number of benzene rings is 2. The van der Waals surface area contributed by atoms with E-state index in [1.807, 2.05) is 6.07 Å². The Kier molecular flexibility index (Phi) is 11.1. The van der Waals surface area contributed by atoms with Gasteiger partial charge in [0.05, 0.1) is 46.1 Å². The van der Waals surface area contributed by atoms with Gasteiger partial charge >= 0.3 is 6.18 Å². The minimum absolute atomic E-state index is 0.000210. The molecule has 1 aliphatic heterocycles. The van der Waals surface area contributed by atoms with Crippen LogP contribution >= 0.6 is 11.3 Å². The lowest BCUT2D eigenvalue weighted by Crippen LogP contribution is -2.38. The van der Waals surface area contributed by atoms with E-state index in [0.717, 1.165) is 48.9 Å². The van der Waals surface area contributed by atoms with E-state index in [4.69, 9.17) is 9.47 Å². The Balaban J connectivity index is 1.58. The van der Waals surface area contributed by atoms with Crippen molar-refractivity contribution in [3.05, 3.63) is 52.2 Å². The van der Waals surface area contributed by atoms with Crippen molar-refractivity contribution in [1.82, 2.24) is 10.2 Å². The number of ether oxygens (including phenoxy) is 2. The Bertz CT molecular complexity index is 1470. The van der Waals surface area contributed by atoms with Crippen molar-refractivity contribution >= 4 is 38.7 Å². The van der Waals surface area contributed by atoms with Crippen LogP contribution in [0.5, 0.6) is 5.75 Å². The number of piperidine rings is 1. The summed E-state index contributed by atoms with van der Waals surface area (Å²) in [7, 11) is 2.90. The number of methoxy groups -OCH3 is 1. The number of likely N-dealkylation sites (tertiary alicyclic amines) is 1. The van der Waals surface area contributed by atoms with Crippen LogP contribution in [0.15, 0.2) is 30.3 Å². The molecule has 1 saturated heterocycles. The van der Waals surface area contributed by atoms with Crippen LogP contribution < -0.4 is 20.7 Å². The van der Waals surface area contributed by atoms with E-state index >= 15 is 0 Å². The van der Waals surface area contributed by atoms with Gasteiger partial charge in [0.15, 0.2) is 0 Å². The molecule has 0 aliphatic carbocycles. The summed E-state index contributed by atoms with van der Waals surface area (Å²) in [5.41, 5.74) is 1.03. The summed E-state index contributed by atoms with van der Waals surface area (Å²) in [6, 6.07) is 8.06. The van der Waals surface area contributed by atoms with Gasteiger partial charge < -0.3 is 30.3 Å². The van der Waals surface area contributed by atoms with Gasteiger partial charge in [-0.1, -0.05) is 30.9 Å². The van der Waals surface area contributed by atoms with E-state index in [1.54, 1.807) is 12.1 Å². The van der Waals surface area contributed by atoms with Crippen LogP contribution in [-0.4, -0.2) is 76.6 Å². The van der Waals surface area contributed by atoms with Gasteiger partial charge in [0.25, 0.3) is 5.91 Å². The molecule has 12 heteroatoms. The largest absolute Gasteiger partial charge is 0.489 e. The highest BCUT2D eigenvalue weighted by Gasteiger charge is 2.31. The number of hydrogen-bond donors (Lipinski definition) is 3. The Morgan fingerprint density at radius 3 is 2.60 bits per heavy atom. The number of amides is 1. The van der Waals surface area contributed by atoms with Crippen molar-refractivity contribution in [2.75, 3.05) is 64.2 Å². The number of hydrogen-bond acceptors (Lipinski definition) is 7. The summed E-state index contributed by atoms with van der Waals surface area (Å²) < 4.78 is 67.0. The monoisotopic (exact) mass is 620 g/mol. The molecular formula is C31H36F4N4O3S. The summed E-state index contributed by atoms with van der Waals surface area (Å²) >= 11 is 1.24. The van der Waals surface area contributed by atoms with Crippen LogP contribution in [0.4, 0.5) is 28.9 Å². The number of halogens is 4. The maximum Gasteiger partial charge on any atom is 0.393 e. The molecule has 232 valence electrons. The van der Waals surface area contributed by atoms with Gasteiger partial charge in [-0.2, -0.15) is 13.2 Å². The number of anilines is 2. The van der Waals surface area contributed by atoms with Crippen LogP contribution in [0.1, 0.15) is 40.6 Å². The molecule has 3 N–H and O–H groups in total. The quantitative estimate of drug-likeness (QED) is 0.141. The molecule has 2 heterocycles. The van der Waals surface area contributed by atoms with Gasteiger partial charge in [0, 0.05) is 39.4 Å². The van der Waals surface area contributed by atoms with E-state index in [1.165, 1.54) is 31.6 Å². The molecular weight excluding hydrogens is 584 g/mol. The summed E-state index contributed by atoms with van der Waals surface area (Å²) in [6.07, 6.45) is -3.57. The zero-order chi connectivity index (χ0) is 31.0. The average molecular weight is 621 g/mol. The first-order chi connectivity index (χ1) is 20.6. The molecule has 2 aromatic carbocycles. The van der Waals surface area contributed by atoms with Crippen LogP contribution in [0.2, 0.25) is 0 Å². The van der Waals surface area contributed by atoms with Crippen molar-refractivity contribution < 1.29 is 31.8 Å². The number of nitrogens with zero attached hydrogens (tertiary/aromatic N) is 1. The maximum absolute atomic E-state index is 14.7. The molecule has 1 aliphatic rings. The first-order valence-electron chi connectivity index (χ1n) is 14.1. The molecule has 7 nitrogen and oxygen atoms in total. The predicted octanol–water partition coefficient (Wildman–Crippen LogP) is 5.89. The molecule has 0 saturated carbocycles. The van der Waals surface area contributed by atoms with Gasteiger partial charge in [-0.05, 0) is 42.5 Å². The Morgan fingerprint density at radius 2 is 1.93 bits per heavy atom. The third kappa shape index (κ3) is 8.53. The fraction of sp³-hybridized carbons (Fsp3) is 0.452. The lowest BCUT2D eigenvalue weighted by molar-refractivity contribution is -0.126. The van der Waals surface area contributed by atoms with E-state index in [9.17, 15) is 22.4 Å². The second-order valence-electron chi connectivity index (χ2n) is 10.1. The molecule has 0 atom stereocenters. The van der Waals surface area contributed by atoms with Crippen molar-refractivity contribution in [1.29, 1.82) is 0 Å². The van der Waals surface area contributed by atoms with Gasteiger partial charge in [-0.25, -0.2) is 4.39 Å². The molecule has 1 aromatic heterocycles. The fourth-order valence-electron chi connectivity index (χ4n) is 4.99. The normalized spacial score (nSPS) is 14.3. The van der Waals surface area contributed by atoms with Crippen molar-refractivity contribution in [3.8, 4) is 17.6 Å². The summed E-state index contributed by atoms with van der Waals surface area (Å²) in [5, 5.41) is 9.45. The second-order valence-corrected chi connectivity index (χ2v) is 11.2. The van der Waals surface area contributed by atoms with Crippen LogP contribution in [0.25, 0.3) is 10.1 Å². The lowest BCUT2D eigenvalue weighted by atomic mass is 10.0. The summed E-state index contributed by atoms with van der Waals surface area (Å²) in [4.78, 5) is 14.8. The van der Waals surface area contributed by atoms with Gasteiger partial charge in [0.2, 0.25) is 0 Å². The highest BCUT2D eigenvalue weighted by Crippen LogP contribution is 2.39. The fourth-order valence-corrected chi connectivity index (χ4v) is 6.16. The van der Waals surface area contributed by atoms with Crippen LogP contribution in [0.3, 0.4) is 0 Å². The maximum atomic E-state index is 14.7. The molecule has 0 bridgehead atoms.